The van der Waals surface area contributed by atoms with Crippen molar-refractivity contribution in [1.82, 2.24) is 10.2 Å². The molecule has 0 heterocycles. The van der Waals surface area contributed by atoms with Gasteiger partial charge in [-0.25, -0.2) is 4.79 Å². The van der Waals surface area contributed by atoms with Crippen LogP contribution in [0.5, 0.6) is 0 Å². The summed E-state index contributed by atoms with van der Waals surface area (Å²) in [5.74, 6) is -2.01. The maximum absolute atomic E-state index is 11.8. The number of carbonyl (C=O) groups is 3. The molecule has 0 aliphatic carbocycles. The minimum Gasteiger partial charge on any atom is -0.480 e. The Labute approximate surface area is 105 Å². The van der Waals surface area contributed by atoms with E-state index in [1.165, 1.54) is 7.11 Å². The van der Waals surface area contributed by atoms with Crippen molar-refractivity contribution in [3.8, 4) is 0 Å². The van der Waals surface area contributed by atoms with Crippen molar-refractivity contribution >= 4 is 17.9 Å². The number of urea groups is 1. The summed E-state index contributed by atoms with van der Waals surface area (Å²) in [4.78, 5) is 34.0. The highest BCUT2D eigenvalue weighted by Gasteiger charge is 2.25. The second-order valence-corrected chi connectivity index (χ2v) is 4.46. The van der Waals surface area contributed by atoms with E-state index in [2.05, 4.69) is 5.32 Å². The lowest BCUT2D eigenvalue weighted by molar-refractivity contribution is -0.137. The molecule has 0 spiro atoms. The molecule has 0 aromatic rings. The number of methoxy groups -OCH3 is 1. The first-order chi connectivity index (χ1) is 8.18. The number of aliphatic carboxylic acids is 1. The maximum Gasteiger partial charge on any atom is 0.323 e. The number of nitrogens with two attached hydrogens (primary N) is 1. The fourth-order valence-electron chi connectivity index (χ4n) is 1.32. The molecule has 0 rings (SSSR count). The number of amides is 3. The van der Waals surface area contributed by atoms with Gasteiger partial charge in [-0.2, -0.15) is 0 Å². The maximum atomic E-state index is 11.8. The third-order valence-electron chi connectivity index (χ3n) is 1.91. The zero-order valence-corrected chi connectivity index (χ0v) is 10.7. The number of carbonyl (C=O) groups excluding carboxylic acids is 2. The van der Waals surface area contributed by atoms with Crippen LogP contribution in [-0.2, 0) is 14.3 Å². The van der Waals surface area contributed by atoms with Crippen LogP contribution in [0.2, 0.25) is 0 Å². The summed E-state index contributed by atoms with van der Waals surface area (Å²) in [6, 6.07) is -0.682. The second-order valence-electron chi connectivity index (χ2n) is 4.46. The number of hydrogen-bond acceptors (Lipinski definition) is 4. The van der Waals surface area contributed by atoms with Gasteiger partial charge in [0.05, 0.1) is 12.1 Å². The van der Waals surface area contributed by atoms with Crippen LogP contribution in [0.4, 0.5) is 4.79 Å². The summed E-state index contributed by atoms with van der Waals surface area (Å²) in [5, 5.41) is 11.2. The molecule has 0 atom stereocenters. The lowest BCUT2D eigenvalue weighted by Crippen LogP contribution is -2.54. The lowest BCUT2D eigenvalue weighted by atomic mass is 10.1. The highest BCUT2D eigenvalue weighted by atomic mass is 16.5. The normalized spacial score (nSPS) is 10.8. The average Bonchev–Trinajstić information content (AvgIpc) is 2.13. The molecular weight excluding hydrogens is 242 g/mol. The number of hydrogen-bond donors (Lipinski definition) is 3. The van der Waals surface area contributed by atoms with Crippen LogP contribution in [0, 0.1) is 0 Å². The smallest absolute Gasteiger partial charge is 0.323 e. The Balaban J connectivity index is 4.64. The van der Waals surface area contributed by atoms with Crippen molar-refractivity contribution in [2.45, 2.75) is 19.4 Å². The van der Waals surface area contributed by atoms with Gasteiger partial charge in [0.15, 0.2) is 0 Å². The van der Waals surface area contributed by atoms with Crippen LogP contribution in [0.25, 0.3) is 0 Å². The highest BCUT2D eigenvalue weighted by Crippen LogP contribution is 2.03. The fourth-order valence-corrected chi connectivity index (χ4v) is 1.32. The summed E-state index contributed by atoms with van der Waals surface area (Å²) >= 11 is 0. The number of nitrogens with zero attached hydrogens (tertiary/aromatic N) is 1. The van der Waals surface area contributed by atoms with E-state index in [0.717, 1.165) is 4.90 Å². The SMILES string of the molecule is COCC(C)(C)NC(=O)N(CC(N)=O)CC(=O)O. The van der Waals surface area contributed by atoms with Gasteiger partial charge in [0.2, 0.25) is 5.91 Å². The van der Waals surface area contributed by atoms with Crippen molar-refractivity contribution in [3.63, 3.8) is 0 Å². The van der Waals surface area contributed by atoms with E-state index in [9.17, 15) is 14.4 Å². The van der Waals surface area contributed by atoms with Crippen LogP contribution in [0.3, 0.4) is 0 Å². The number of carboxylic acids is 1. The monoisotopic (exact) mass is 261 g/mol. The topological polar surface area (TPSA) is 122 Å². The summed E-state index contributed by atoms with van der Waals surface area (Å²) in [7, 11) is 1.48. The molecule has 18 heavy (non-hydrogen) atoms. The summed E-state index contributed by atoms with van der Waals surface area (Å²) in [5.41, 5.74) is 4.27. The Morgan fingerprint density at radius 1 is 1.33 bits per heavy atom. The Bertz CT molecular complexity index is 313. The molecule has 104 valence electrons. The minimum absolute atomic E-state index is 0.246. The van der Waals surface area contributed by atoms with Gasteiger partial charge in [-0.15, -0.1) is 0 Å². The molecule has 4 N–H and O–H groups in total. The van der Waals surface area contributed by atoms with Crippen LogP contribution in [0.1, 0.15) is 13.8 Å². The Morgan fingerprint density at radius 3 is 2.28 bits per heavy atom. The van der Waals surface area contributed by atoms with Gasteiger partial charge in [0.25, 0.3) is 0 Å². The largest absolute Gasteiger partial charge is 0.480 e. The second kappa shape index (κ2) is 6.80. The van der Waals surface area contributed by atoms with Crippen molar-refractivity contribution in [2.75, 3.05) is 26.8 Å². The van der Waals surface area contributed by atoms with Crippen molar-refractivity contribution in [2.24, 2.45) is 5.73 Å². The van der Waals surface area contributed by atoms with E-state index < -0.39 is 36.5 Å². The first-order valence-electron chi connectivity index (χ1n) is 5.24. The van der Waals surface area contributed by atoms with E-state index >= 15 is 0 Å². The van der Waals surface area contributed by atoms with E-state index in [1.807, 2.05) is 0 Å². The number of ether oxygens (including phenoxy) is 1. The summed E-state index contributed by atoms with van der Waals surface area (Å²) in [6.07, 6.45) is 0. The van der Waals surface area contributed by atoms with Gasteiger partial charge in [-0.05, 0) is 13.8 Å². The highest BCUT2D eigenvalue weighted by molar-refractivity contribution is 5.86. The third-order valence-corrected chi connectivity index (χ3v) is 1.91. The first-order valence-corrected chi connectivity index (χ1v) is 5.24. The number of primary amides is 1. The molecule has 0 aromatic heterocycles. The number of rotatable bonds is 7. The van der Waals surface area contributed by atoms with Gasteiger partial charge in [-0.1, -0.05) is 0 Å². The van der Waals surface area contributed by atoms with Gasteiger partial charge >= 0.3 is 12.0 Å². The van der Waals surface area contributed by atoms with E-state index in [1.54, 1.807) is 13.8 Å². The number of nitrogens with one attached hydrogen (secondary N) is 1. The van der Waals surface area contributed by atoms with Gasteiger partial charge in [0, 0.05) is 7.11 Å². The molecule has 0 saturated heterocycles. The Hall–Kier alpha value is -1.83. The standard InChI is InChI=1S/C10H19N3O5/c1-10(2,6-18-3)12-9(17)13(4-7(11)14)5-8(15)16/h4-6H2,1-3H3,(H2,11,14)(H,12,17)(H,15,16). The molecule has 0 fully saturated rings. The molecule has 0 bridgehead atoms. The van der Waals surface area contributed by atoms with E-state index in [0.29, 0.717) is 0 Å². The molecule has 3 amide bonds. The quantitative estimate of drug-likeness (QED) is 0.542. The zero-order chi connectivity index (χ0) is 14.3. The van der Waals surface area contributed by atoms with Crippen molar-refractivity contribution < 1.29 is 24.2 Å². The van der Waals surface area contributed by atoms with Gasteiger partial charge in [-0.3, -0.25) is 9.59 Å². The molecule has 8 nitrogen and oxygen atoms in total. The molecule has 8 heteroatoms. The lowest BCUT2D eigenvalue weighted by Gasteiger charge is -2.29. The van der Waals surface area contributed by atoms with Crippen LogP contribution < -0.4 is 11.1 Å². The fraction of sp³-hybridized carbons (Fsp3) is 0.700. The predicted molar refractivity (Wildman–Crippen MR) is 62.9 cm³/mol. The predicted octanol–water partition coefficient (Wildman–Crippen LogP) is -1.01. The first kappa shape index (κ1) is 16.2. The molecule has 0 aliphatic rings. The van der Waals surface area contributed by atoms with E-state index in [-0.39, 0.29) is 6.61 Å². The molecule has 0 aromatic carbocycles. The Morgan fingerprint density at radius 2 is 1.89 bits per heavy atom. The van der Waals surface area contributed by atoms with Gasteiger partial charge in [0.1, 0.15) is 13.1 Å². The molecule has 0 saturated carbocycles. The molecule has 0 radical (unpaired) electrons. The van der Waals surface area contributed by atoms with Crippen molar-refractivity contribution in [3.05, 3.63) is 0 Å². The molecular formula is C10H19N3O5. The molecule has 0 unspecified atom stereocenters. The van der Waals surface area contributed by atoms with Gasteiger partial charge < -0.3 is 25.8 Å². The van der Waals surface area contributed by atoms with Crippen LogP contribution >= 0.6 is 0 Å². The number of carboxylic acid groups (broad SMARTS) is 1. The zero-order valence-electron chi connectivity index (χ0n) is 10.7. The van der Waals surface area contributed by atoms with Crippen molar-refractivity contribution in [1.29, 1.82) is 0 Å². The Kier molecular flexibility index (Phi) is 6.11. The van der Waals surface area contributed by atoms with E-state index in [4.69, 9.17) is 15.6 Å². The minimum atomic E-state index is -1.23. The summed E-state index contributed by atoms with van der Waals surface area (Å²) in [6.45, 7) is 2.60. The van der Waals surface area contributed by atoms with Crippen LogP contribution in [-0.4, -0.2) is 60.3 Å². The third kappa shape index (κ3) is 6.69. The summed E-state index contributed by atoms with van der Waals surface area (Å²) < 4.78 is 4.91. The average molecular weight is 261 g/mol. The van der Waals surface area contributed by atoms with Crippen LogP contribution in [0.15, 0.2) is 0 Å². The molecule has 0 aliphatic heterocycles.